The maximum absolute atomic E-state index is 12.5. The van der Waals surface area contributed by atoms with E-state index in [1.54, 1.807) is 11.3 Å². The van der Waals surface area contributed by atoms with Crippen molar-refractivity contribution in [3.05, 3.63) is 29.3 Å². The standard InChI is InChI=1S/C18H23N3O3S/c1-18(2,3)24-17(23)21-10-6-8-13(21)16(22)19-11-15-20-12-7-4-5-9-14(12)25-15/h4-5,7,9,13H,6,8,10-11H2,1-3H3,(H,19,22). The third kappa shape index (κ3) is 4.28. The summed E-state index contributed by atoms with van der Waals surface area (Å²) < 4.78 is 6.50. The van der Waals surface area contributed by atoms with Crippen LogP contribution in [0.2, 0.25) is 0 Å². The minimum absolute atomic E-state index is 0.150. The van der Waals surface area contributed by atoms with Gasteiger partial charge in [0.1, 0.15) is 16.7 Å². The van der Waals surface area contributed by atoms with Crippen LogP contribution < -0.4 is 5.32 Å². The summed E-state index contributed by atoms with van der Waals surface area (Å²) in [7, 11) is 0. The van der Waals surface area contributed by atoms with Crippen LogP contribution in [0.1, 0.15) is 38.6 Å². The van der Waals surface area contributed by atoms with Crippen LogP contribution >= 0.6 is 11.3 Å². The van der Waals surface area contributed by atoms with Crippen molar-refractivity contribution in [1.82, 2.24) is 15.2 Å². The molecule has 2 aromatic rings. The molecule has 1 unspecified atom stereocenters. The quantitative estimate of drug-likeness (QED) is 0.910. The second-order valence-corrected chi connectivity index (χ2v) is 8.24. The third-order valence-electron chi connectivity index (χ3n) is 3.94. The largest absolute Gasteiger partial charge is 0.444 e. The lowest BCUT2D eigenvalue weighted by Crippen LogP contribution is -2.47. The molecule has 1 aromatic carbocycles. The molecule has 1 atom stereocenters. The van der Waals surface area contributed by atoms with E-state index in [4.69, 9.17) is 4.74 Å². The van der Waals surface area contributed by atoms with Gasteiger partial charge in [0.25, 0.3) is 0 Å². The number of amides is 2. The molecule has 134 valence electrons. The fourth-order valence-corrected chi connectivity index (χ4v) is 3.76. The third-order valence-corrected chi connectivity index (χ3v) is 4.97. The first-order chi connectivity index (χ1) is 11.8. The van der Waals surface area contributed by atoms with Gasteiger partial charge in [0.2, 0.25) is 5.91 Å². The molecule has 0 radical (unpaired) electrons. The van der Waals surface area contributed by atoms with E-state index in [0.29, 0.717) is 19.5 Å². The number of fused-ring (bicyclic) bond motifs is 1. The number of hydrogen-bond acceptors (Lipinski definition) is 5. The Kier molecular flexibility index (Phi) is 4.94. The zero-order valence-electron chi connectivity index (χ0n) is 14.7. The number of carbonyl (C=O) groups excluding carboxylic acids is 2. The topological polar surface area (TPSA) is 71.5 Å². The number of para-hydroxylation sites is 1. The molecule has 3 rings (SSSR count). The van der Waals surface area contributed by atoms with Crippen molar-refractivity contribution in [3.8, 4) is 0 Å². The summed E-state index contributed by atoms with van der Waals surface area (Å²) in [6.07, 6.45) is 1.04. The molecule has 1 aromatic heterocycles. The van der Waals surface area contributed by atoms with E-state index < -0.39 is 17.7 Å². The Hall–Kier alpha value is -2.15. The van der Waals surface area contributed by atoms with Gasteiger partial charge in [0.15, 0.2) is 0 Å². The van der Waals surface area contributed by atoms with Crippen LogP contribution in [0, 0.1) is 0 Å². The van der Waals surface area contributed by atoms with E-state index >= 15 is 0 Å². The molecule has 1 N–H and O–H groups in total. The predicted octanol–water partition coefficient (Wildman–Crippen LogP) is 3.31. The Labute approximate surface area is 151 Å². The van der Waals surface area contributed by atoms with E-state index in [9.17, 15) is 9.59 Å². The monoisotopic (exact) mass is 361 g/mol. The molecular weight excluding hydrogens is 338 g/mol. The maximum atomic E-state index is 12.5. The van der Waals surface area contributed by atoms with Gasteiger partial charge in [-0.25, -0.2) is 9.78 Å². The van der Waals surface area contributed by atoms with Crippen molar-refractivity contribution in [2.24, 2.45) is 0 Å². The Morgan fingerprint density at radius 3 is 2.84 bits per heavy atom. The Morgan fingerprint density at radius 1 is 1.36 bits per heavy atom. The maximum Gasteiger partial charge on any atom is 0.410 e. The summed E-state index contributed by atoms with van der Waals surface area (Å²) >= 11 is 1.57. The summed E-state index contributed by atoms with van der Waals surface area (Å²) in [5.41, 5.74) is 0.370. The van der Waals surface area contributed by atoms with Crippen LogP contribution in [0.3, 0.4) is 0 Å². The highest BCUT2D eigenvalue weighted by Crippen LogP contribution is 2.23. The van der Waals surface area contributed by atoms with Gasteiger partial charge < -0.3 is 10.1 Å². The van der Waals surface area contributed by atoms with Crippen LogP contribution in [-0.2, 0) is 16.1 Å². The SMILES string of the molecule is CC(C)(C)OC(=O)N1CCCC1C(=O)NCc1nc2ccccc2s1. The molecule has 2 heterocycles. The summed E-state index contributed by atoms with van der Waals surface area (Å²) in [5, 5.41) is 3.77. The van der Waals surface area contributed by atoms with Crippen LogP contribution in [0.5, 0.6) is 0 Å². The van der Waals surface area contributed by atoms with Gasteiger partial charge in [-0.1, -0.05) is 12.1 Å². The molecule has 1 saturated heterocycles. The fourth-order valence-electron chi connectivity index (χ4n) is 2.85. The van der Waals surface area contributed by atoms with Gasteiger partial charge in [-0.2, -0.15) is 0 Å². The first-order valence-electron chi connectivity index (χ1n) is 8.45. The van der Waals surface area contributed by atoms with E-state index in [0.717, 1.165) is 21.6 Å². The highest BCUT2D eigenvalue weighted by atomic mass is 32.1. The van der Waals surface area contributed by atoms with Gasteiger partial charge in [-0.15, -0.1) is 11.3 Å². The predicted molar refractivity (Wildman–Crippen MR) is 97.4 cm³/mol. The van der Waals surface area contributed by atoms with Crippen molar-refractivity contribution >= 4 is 33.6 Å². The molecule has 1 aliphatic rings. The number of nitrogens with one attached hydrogen (secondary N) is 1. The molecule has 0 aliphatic carbocycles. The van der Waals surface area contributed by atoms with Crippen molar-refractivity contribution in [2.45, 2.75) is 51.8 Å². The van der Waals surface area contributed by atoms with E-state index in [1.807, 2.05) is 45.0 Å². The number of hydrogen-bond donors (Lipinski definition) is 1. The molecule has 0 saturated carbocycles. The van der Waals surface area contributed by atoms with Gasteiger partial charge in [0, 0.05) is 6.54 Å². The number of benzene rings is 1. The van der Waals surface area contributed by atoms with Gasteiger partial charge in [-0.05, 0) is 45.7 Å². The summed E-state index contributed by atoms with van der Waals surface area (Å²) in [4.78, 5) is 30.9. The second kappa shape index (κ2) is 7.00. The second-order valence-electron chi connectivity index (χ2n) is 7.12. The zero-order chi connectivity index (χ0) is 18.0. The number of aromatic nitrogens is 1. The number of nitrogens with zero attached hydrogens (tertiary/aromatic N) is 2. The van der Waals surface area contributed by atoms with Crippen LogP contribution in [0.25, 0.3) is 10.2 Å². The first kappa shape index (κ1) is 17.7. The Balaban J connectivity index is 1.60. The molecule has 0 bridgehead atoms. The summed E-state index contributed by atoms with van der Waals surface area (Å²) in [6.45, 7) is 6.39. The minimum atomic E-state index is -0.568. The average molecular weight is 361 g/mol. The minimum Gasteiger partial charge on any atom is -0.444 e. The smallest absolute Gasteiger partial charge is 0.410 e. The number of ether oxygens (including phenoxy) is 1. The number of thiazole rings is 1. The lowest BCUT2D eigenvalue weighted by molar-refractivity contribution is -0.125. The van der Waals surface area contributed by atoms with E-state index in [1.165, 1.54) is 4.90 Å². The number of carbonyl (C=O) groups is 2. The molecule has 1 fully saturated rings. The first-order valence-corrected chi connectivity index (χ1v) is 9.27. The highest BCUT2D eigenvalue weighted by molar-refractivity contribution is 7.18. The number of likely N-dealkylation sites (tertiary alicyclic amines) is 1. The Bertz CT molecular complexity index is 748. The van der Waals surface area contributed by atoms with Crippen LogP contribution in [-0.4, -0.2) is 40.1 Å². The Morgan fingerprint density at radius 2 is 2.12 bits per heavy atom. The fraction of sp³-hybridized carbons (Fsp3) is 0.500. The normalized spacial score (nSPS) is 17.7. The van der Waals surface area contributed by atoms with Gasteiger partial charge in [0.05, 0.1) is 16.8 Å². The van der Waals surface area contributed by atoms with Gasteiger partial charge in [-0.3, -0.25) is 9.69 Å². The molecule has 25 heavy (non-hydrogen) atoms. The molecule has 2 amide bonds. The zero-order valence-corrected chi connectivity index (χ0v) is 15.6. The molecule has 0 spiro atoms. The number of rotatable bonds is 3. The molecule has 1 aliphatic heterocycles. The molecule has 7 heteroatoms. The van der Waals surface area contributed by atoms with Crippen LogP contribution in [0.15, 0.2) is 24.3 Å². The average Bonchev–Trinajstić information content (AvgIpc) is 3.17. The van der Waals surface area contributed by atoms with E-state index in [2.05, 4.69) is 10.3 Å². The van der Waals surface area contributed by atoms with E-state index in [-0.39, 0.29) is 5.91 Å². The van der Waals surface area contributed by atoms with Gasteiger partial charge >= 0.3 is 6.09 Å². The lowest BCUT2D eigenvalue weighted by Gasteiger charge is -2.27. The van der Waals surface area contributed by atoms with Crippen molar-refractivity contribution in [3.63, 3.8) is 0 Å². The highest BCUT2D eigenvalue weighted by Gasteiger charge is 2.36. The molecule has 6 nitrogen and oxygen atoms in total. The van der Waals surface area contributed by atoms with Crippen molar-refractivity contribution < 1.29 is 14.3 Å². The van der Waals surface area contributed by atoms with Crippen molar-refractivity contribution in [1.29, 1.82) is 0 Å². The lowest BCUT2D eigenvalue weighted by atomic mass is 10.2. The molecular formula is C18H23N3O3S. The van der Waals surface area contributed by atoms with Crippen molar-refractivity contribution in [2.75, 3.05) is 6.54 Å². The summed E-state index contributed by atoms with van der Waals surface area (Å²) in [5.74, 6) is -0.150. The summed E-state index contributed by atoms with van der Waals surface area (Å²) in [6, 6.07) is 7.42. The van der Waals surface area contributed by atoms with Crippen LogP contribution in [0.4, 0.5) is 4.79 Å².